The minimum absolute atomic E-state index is 0.0597. The van der Waals surface area contributed by atoms with Crippen molar-refractivity contribution >= 4 is 22.6 Å². The van der Waals surface area contributed by atoms with Gasteiger partial charge in [-0.1, -0.05) is 18.6 Å². The van der Waals surface area contributed by atoms with Crippen LogP contribution in [0.5, 0.6) is 0 Å². The SMILES string of the molecule is Cn1c(-c2ccc(NC(=O)C3(N)CC4(CCC4)C3)cc2)nc2ccccc21. The lowest BCUT2D eigenvalue weighted by atomic mass is 9.48. The lowest BCUT2D eigenvalue weighted by Crippen LogP contribution is -2.66. The van der Waals surface area contributed by atoms with E-state index in [-0.39, 0.29) is 5.91 Å². The molecule has 2 aliphatic rings. The number of amides is 1. The van der Waals surface area contributed by atoms with Crippen LogP contribution in [0.3, 0.4) is 0 Å². The topological polar surface area (TPSA) is 72.9 Å². The number of hydrogen-bond donors (Lipinski definition) is 2. The second kappa shape index (κ2) is 5.67. The number of fused-ring (bicyclic) bond motifs is 1. The van der Waals surface area contributed by atoms with Crippen LogP contribution in [0.4, 0.5) is 5.69 Å². The summed E-state index contributed by atoms with van der Waals surface area (Å²) in [6, 6.07) is 15.9. The molecule has 0 aliphatic heterocycles. The maximum atomic E-state index is 12.6. The molecule has 1 heterocycles. The minimum Gasteiger partial charge on any atom is -0.327 e. The van der Waals surface area contributed by atoms with Gasteiger partial charge in [0.1, 0.15) is 5.82 Å². The highest BCUT2D eigenvalue weighted by molar-refractivity contribution is 5.99. The van der Waals surface area contributed by atoms with Crippen LogP contribution in [-0.4, -0.2) is 21.0 Å². The van der Waals surface area contributed by atoms with E-state index in [1.165, 1.54) is 19.3 Å². The first-order valence-electron chi connectivity index (χ1n) is 9.60. The van der Waals surface area contributed by atoms with E-state index < -0.39 is 5.54 Å². The van der Waals surface area contributed by atoms with E-state index in [1.807, 2.05) is 49.5 Å². The van der Waals surface area contributed by atoms with E-state index >= 15 is 0 Å². The zero-order valence-corrected chi connectivity index (χ0v) is 15.5. The number of nitrogens with two attached hydrogens (primary N) is 1. The second-order valence-electron chi connectivity index (χ2n) is 8.38. The smallest absolute Gasteiger partial charge is 0.244 e. The van der Waals surface area contributed by atoms with Crippen molar-refractivity contribution in [1.29, 1.82) is 0 Å². The van der Waals surface area contributed by atoms with E-state index in [2.05, 4.69) is 16.0 Å². The van der Waals surface area contributed by atoms with Gasteiger partial charge in [0.15, 0.2) is 0 Å². The number of para-hydroxylation sites is 2. The summed E-state index contributed by atoms with van der Waals surface area (Å²) in [4.78, 5) is 17.3. The molecule has 0 radical (unpaired) electrons. The number of hydrogen-bond acceptors (Lipinski definition) is 3. The summed E-state index contributed by atoms with van der Waals surface area (Å²) in [6.07, 6.45) is 5.38. The summed E-state index contributed by atoms with van der Waals surface area (Å²) >= 11 is 0. The van der Waals surface area contributed by atoms with Crippen molar-refractivity contribution in [3.05, 3.63) is 48.5 Å². The Hall–Kier alpha value is -2.66. The van der Waals surface area contributed by atoms with Gasteiger partial charge in [0.25, 0.3) is 0 Å². The minimum atomic E-state index is -0.698. The largest absolute Gasteiger partial charge is 0.327 e. The first-order chi connectivity index (χ1) is 13.0. The molecule has 2 fully saturated rings. The Morgan fingerprint density at radius 2 is 1.81 bits per heavy atom. The average Bonchev–Trinajstić information content (AvgIpc) is 2.95. The van der Waals surface area contributed by atoms with Gasteiger partial charge < -0.3 is 15.6 Å². The summed E-state index contributed by atoms with van der Waals surface area (Å²) in [7, 11) is 2.02. The first kappa shape index (κ1) is 16.5. The standard InChI is InChI=1S/C22H24N4O/c1-26-18-6-3-2-5-17(18)25-19(26)15-7-9-16(10-8-15)24-20(27)22(23)13-21(14-22)11-4-12-21/h2-3,5-10H,4,11-14,23H2,1H3,(H,24,27). The van der Waals surface area contributed by atoms with Crippen LogP contribution < -0.4 is 11.1 Å². The zero-order valence-electron chi connectivity index (χ0n) is 15.5. The third-order valence-corrected chi connectivity index (χ3v) is 6.44. The molecule has 1 amide bonds. The molecule has 2 saturated carbocycles. The quantitative estimate of drug-likeness (QED) is 0.745. The molecule has 0 unspecified atom stereocenters. The van der Waals surface area contributed by atoms with Crippen LogP contribution >= 0.6 is 0 Å². The highest BCUT2D eigenvalue weighted by Crippen LogP contribution is 2.59. The summed E-state index contributed by atoms with van der Waals surface area (Å²) in [5.41, 5.74) is 9.89. The normalized spacial score (nSPS) is 19.5. The summed E-state index contributed by atoms with van der Waals surface area (Å²) < 4.78 is 2.09. The third-order valence-electron chi connectivity index (χ3n) is 6.44. The van der Waals surface area contributed by atoms with E-state index in [4.69, 9.17) is 10.7 Å². The van der Waals surface area contributed by atoms with Crippen molar-refractivity contribution in [3.63, 3.8) is 0 Å². The Balaban J connectivity index is 1.33. The van der Waals surface area contributed by atoms with Crippen molar-refractivity contribution < 1.29 is 4.79 Å². The number of benzene rings is 2. The highest BCUT2D eigenvalue weighted by atomic mass is 16.2. The van der Waals surface area contributed by atoms with Crippen LogP contribution in [-0.2, 0) is 11.8 Å². The van der Waals surface area contributed by atoms with Gasteiger partial charge >= 0.3 is 0 Å². The van der Waals surface area contributed by atoms with E-state index in [0.29, 0.717) is 5.41 Å². The Bertz CT molecular complexity index is 1020. The number of rotatable bonds is 3. The van der Waals surface area contributed by atoms with Gasteiger partial charge in [0.2, 0.25) is 5.91 Å². The van der Waals surface area contributed by atoms with Crippen molar-refractivity contribution in [3.8, 4) is 11.4 Å². The number of aromatic nitrogens is 2. The van der Waals surface area contributed by atoms with Gasteiger partial charge in [-0.15, -0.1) is 0 Å². The molecule has 1 spiro atoms. The fraction of sp³-hybridized carbons (Fsp3) is 0.364. The lowest BCUT2D eigenvalue weighted by Gasteiger charge is -2.58. The number of anilines is 1. The van der Waals surface area contributed by atoms with Gasteiger partial charge in [0, 0.05) is 18.3 Å². The van der Waals surface area contributed by atoms with Gasteiger partial charge in [0.05, 0.1) is 16.6 Å². The zero-order chi connectivity index (χ0) is 18.6. The van der Waals surface area contributed by atoms with Crippen LogP contribution in [0.1, 0.15) is 32.1 Å². The molecule has 0 bridgehead atoms. The molecule has 5 nitrogen and oxygen atoms in total. The first-order valence-corrected chi connectivity index (χ1v) is 9.60. The van der Waals surface area contributed by atoms with E-state index in [0.717, 1.165) is 41.0 Å². The van der Waals surface area contributed by atoms with Gasteiger partial charge in [-0.05, 0) is 67.5 Å². The van der Waals surface area contributed by atoms with Crippen molar-refractivity contribution in [2.45, 2.75) is 37.6 Å². The highest BCUT2D eigenvalue weighted by Gasteiger charge is 2.58. The third kappa shape index (κ3) is 2.57. The average molecular weight is 360 g/mol. The molecule has 5 heteroatoms. The predicted molar refractivity (Wildman–Crippen MR) is 107 cm³/mol. The fourth-order valence-corrected chi connectivity index (χ4v) is 4.84. The van der Waals surface area contributed by atoms with E-state index in [9.17, 15) is 4.79 Å². The Morgan fingerprint density at radius 3 is 2.44 bits per heavy atom. The molecule has 1 aromatic heterocycles. The monoisotopic (exact) mass is 360 g/mol. The number of imidazole rings is 1. The second-order valence-corrected chi connectivity index (χ2v) is 8.38. The number of carbonyl (C=O) groups is 1. The lowest BCUT2D eigenvalue weighted by molar-refractivity contribution is -0.135. The number of carbonyl (C=O) groups excluding carboxylic acids is 1. The van der Waals surface area contributed by atoms with E-state index in [1.54, 1.807) is 0 Å². The predicted octanol–water partition coefficient (Wildman–Crippen LogP) is 3.84. The van der Waals surface area contributed by atoms with Crippen LogP contribution in [0, 0.1) is 5.41 Å². The fourth-order valence-electron chi connectivity index (χ4n) is 4.84. The molecule has 0 atom stereocenters. The number of nitrogens with zero attached hydrogens (tertiary/aromatic N) is 2. The maximum absolute atomic E-state index is 12.6. The van der Waals surface area contributed by atoms with Gasteiger partial charge in [-0.3, -0.25) is 4.79 Å². The maximum Gasteiger partial charge on any atom is 0.244 e. The molecule has 5 rings (SSSR count). The molecular formula is C22H24N4O. The molecule has 27 heavy (non-hydrogen) atoms. The summed E-state index contributed by atoms with van der Waals surface area (Å²) in [6.45, 7) is 0. The van der Waals surface area contributed by atoms with Gasteiger partial charge in [-0.2, -0.15) is 0 Å². The van der Waals surface area contributed by atoms with Crippen molar-refractivity contribution in [2.75, 3.05) is 5.32 Å². The van der Waals surface area contributed by atoms with Crippen LogP contribution in [0.15, 0.2) is 48.5 Å². The molecule has 2 aliphatic carbocycles. The molecular weight excluding hydrogens is 336 g/mol. The Labute approximate surface area is 158 Å². The molecule has 138 valence electrons. The molecule has 0 saturated heterocycles. The van der Waals surface area contributed by atoms with Crippen molar-refractivity contribution in [2.24, 2.45) is 18.2 Å². The van der Waals surface area contributed by atoms with Crippen molar-refractivity contribution in [1.82, 2.24) is 9.55 Å². The Morgan fingerprint density at radius 1 is 1.11 bits per heavy atom. The molecule has 3 aromatic rings. The van der Waals surface area contributed by atoms with Crippen LogP contribution in [0.2, 0.25) is 0 Å². The van der Waals surface area contributed by atoms with Gasteiger partial charge in [-0.25, -0.2) is 4.98 Å². The molecule has 3 N–H and O–H groups in total. The van der Waals surface area contributed by atoms with Crippen LogP contribution in [0.25, 0.3) is 22.4 Å². The summed E-state index contributed by atoms with van der Waals surface area (Å²) in [5, 5.41) is 3.00. The molecule has 2 aromatic carbocycles. The summed E-state index contributed by atoms with van der Waals surface area (Å²) in [5.74, 6) is 0.853. The number of nitrogens with one attached hydrogen (secondary N) is 1. The number of aryl methyl sites for hydroxylation is 1. The Kier molecular flexibility index (Phi) is 3.46.